The third-order valence-electron chi connectivity index (χ3n) is 17.2. The highest BCUT2D eigenvalue weighted by Gasteiger charge is 2.64. The van der Waals surface area contributed by atoms with Crippen molar-refractivity contribution in [3.63, 3.8) is 0 Å². The van der Waals surface area contributed by atoms with E-state index < -0.39 is 160 Å². The number of methoxy groups -OCH3 is 1. The zero-order valence-electron chi connectivity index (χ0n) is 39.1. The van der Waals surface area contributed by atoms with E-state index >= 15 is 0 Å². The summed E-state index contributed by atoms with van der Waals surface area (Å²) < 4.78 is 53.0. The Kier molecular flexibility index (Phi) is 16.2. The molecule has 0 aromatic carbocycles. The fourth-order valence-electron chi connectivity index (χ4n) is 13.4. The van der Waals surface area contributed by atoms with E-state index in [1.165, 1.54) is 19.6 Å². The summed E-state index contributed by atoms with van der Waals surface area (Å²) >= 11 is 0. The van der Waals surface area contributed by atoms with Crippen LogP contribution in [0.15, 0.2) is 11.6 Å². The number of ketones is 1. The van der Waals surface area contributed by atoms with Gasteiger partial charge in [0.2, 0.25) is 0 Å². The lowest BCUT2D eigenvalue weighted by Gasteiger charge is -2.58. The molecule has 22 nitrogen and oxygen atoms in total. The van der Waals surface area contributed by atoms with Crippen molar-refractivity contribution in [2.45, 2.75) is 208 Å². The summed E-state index contributed by atoms with van der Waals surface area (Å²) in [7, 11) is 1.43. The topological polar surface area (TPSA) is 343 Å². The third kappa shape index (κ3) is 9.40. The number of hydrogen-bond donors (Lipinski definition) is 12. The van der Waals surface area contributed by atoms with Crippen LogP contribution in [0, 0.1) is 34.5 Å². The normalized spacial score (nSPS) is 54.0. The molecule has 12 N–H and O–H groups in total. The van der Waals surface area contributed by atoms with Crippen LogP contribution in [0.4, 0.5) is 0 Å². The lowest BCUT2D eigenvalue weighted by molar-refractivity contribution is -0.373. The Morgan fingerprint density at radius 2 is 1.25 bits per heavy atom. The van der Waals surface area contributed by atoms with E-state index in [0.29, 0.717) is 12.8 Å². The smallest absolute Gasteiger partial charge is 0.187 e. The maximum Gasteiger partial charge on any atom is 0.187 e. The minimum atomic E-state index is -1.90. The highest BCUT2D eigenvalue weighted by Crippen LogP contribution is 2.67. The van der Waals surface area contributed by atoms with Crippen molar-refractivity contribution in [1.29, 1.82) is 0 Å². The largest absolute Gasteiger partial charge is 0.394 e. The van der Waals surface area contributed by atoms with Gasteiger partial charge in [-0.05, 0) is 87.4 Å². The highest BCUT2D eigenvalue weighted by molar-refractivity contribution is 5.80. The average molecular weight is 979 g/mol. The molecule has 0 amide bonds. The molecule has 3 saturated carbocycles. The molecular weight excluding hydrogens is 904 g/mol. The molecule has 0 spiro atoms. The molecule has 390 valence electrons. The number of aliphatic hydroxyl groups excluding tert-OH is 12. The Morgan fingerprint density at radius 1 is 0.662 bits per heavy atom. The van der Waals surface area contributed by atoms with Crippen molar-refractivity contribution in [3.05, 3.63) is 11.6 Å². The zero-order chi connectivity index (χ0) is 49.3. The first-order valence-electron chi connectivity index (χ1n) is 24.1. The van der Waals surface area contributed by atoms with Gasteiger partial charge in [-0.25, -0.2) is 0 Å². The van der Waals surface area contributed by atoms with Crippen molar-refractivity contribution in [3.8, 4) is 0 Å². The van der Waals surface area contributed by atoms with Crippen LogP contribution in [0.3, 0.4) is 0 Å². The van der Waals surface area contributed by atoms with E-state index in [-0.39, 0.29) is 35.1 Å². The third-order valence-corrected chi connectivity index (χ3v) is 17.2. The number of allylic oxidation sites excluding steroid dienone is 1. The molecule has 22 heteroatoms. The van der Waals surface area contributed by atoms with Gasteiger partial charge in [-0.2, -0.15) is 0 Å². The minimum absolute atomic E-state index is 0.0362. The van der Waals surface area contributed by atoms with Crippen LogP contribution in [0.5, 0.6) is 0 Å². The highest BCUT2D eigenvalue weighted by atomic mass is 16.8. The van der Waals surface area contributed by atoms with Gasteiger partial charge in [0.1, 0.15) is 97.3 Å². The van der Waals surface area contributed by atoms with Crippen molar-refractivity contribution in [2.75, 3.05) is 26.9 Å². The standard InChI is InChI=1S/C46H74O22/c1-17(49)28-24(13-23-21-7-6-19-12-20(8-10-45(19,3)22(21)9-11-46(23,28)4)63-43-38(59)39(60-5)29(50)18(2)62-43)64-41-36(57)34(55)32(53)27(67-41)16-61-44-40(35(56)31(52)26(15-48)66-44)68-42-37(58)33(54)30(51)25(14-47)65-42/h6,18,20-44,47-48,50-59H,7-16H2,1-5H3/t18-,20+,21?,22?,23?,24-,25-,26-,27-,28+,29-,30-,31-,32-,33+,34+,35+,36-,37-,38-,39+,40-,41-,42+,43+,44-,45+,46+/m1/s1. The van der Waals surface area contributed by atoms with E-state index in [2.05, 4.69) is 19.9 Å². The van der Waals surface area contributed by atoms with Gasteiger partial charge in [-0.15, -0.1) is 0 Å². The molecule has 0 aromatic rings. The summed E-state index contributed by atoms with van der Waals surface area (Å²) in [5.41, 5.74) is 0.662. The van der Waals surface area contributed by atoms with Crippen molar-refractivity contribution >= 4 is 5.78 Å². The van der Waals surface area contributed by atoms with Crippen LogP contribution >= 0.6 is 0 Å². The number of rotatable bonds is 13. The lowest BCUT2D eigenvalue weighted by Crippen LogP contribution is -2.65. The van der Waals surface area contributed by atoms with Crippen molar-refractivity contribution in [2.24, 2.45) is 34.5 Å². The van der Waals surface area contributed by atoms with Gasteiger partial charge in [0.25, 0.3) is 0 Å². The Balaban J connectivity index is 0.945. The van der Waals surface area contributed by atoms with E-state index in [1.54, 1.807) is 6.92 Å². The Hall–Kier alpha value is -1.43. The molecule has 0 aromatic heterocycles. The molecule has 7 fully saturated rings. The summed E-state index contributed by atoms with van der Waals surface area (Å²) in [6, 6.07) is 0. The summed E-state index contributed by atoms with van der Waals surface area (Å²) in [5.74, 6) is -0.172. The fourth-order valence-corrected chi connectivity index (χ4v) is 13.4. The lowest BCUT2D eigenvalue weighted by atomic mass is 9.47. The monoisotopic (exact) mass is 978 g/mol. The molecule has 8 aliphatic rings. The fraction of sp³-hybridized carbons (Fsp3) is 0.935. The van der Waals surface area contributed by atoms with E-state index in [9.17, 15) is 66.1 Å². The predicted octanol–water partition coefficient (Wildman–Crippen LogP) is -3.54. The number of fused-ring (bicyclic) bond motifs is 5. The maximum absolute atomic E-state index is 13.7. The molecule has 0 radical (unpaired) electrons. The van der Waals surface area contributed by atoms with Gasteiger partial charge >= 0.3 is 0 Å². The first kappa shape index (κ1) is 52.9. The molecule has 4 aliphatic heterocycles. The Labute approximate surface area is 394 Å². The van der Waals surface area contributed by atoms with Gasteiger partial charge < -0.3 is 104 Å². The molecule has 3 unspecified atom stereocenters. The minimum Gasteiger partial charge on any atom is -0.394 e. The number of Topliss-reactive ketones (excluding diaryl/α,β-unsaturated/α-hetero) is 1. The van der Waals surface area contributed by atoms with E-state index in [1.807, 2.05) is 0 Å². The SMILES string of the molecule is CO[C@@H]1[C@@H](O)[C@H](O[C@H]2CC[C@@]3(C)C(=CCC4C3CC[C@@]3(C)C4C[C@@H](O[C@@H]4O[C@H](CO[C@@H]5O[C@H](CO)[C@@H](O)[C@H](O)[C@H]5O[C@@H]5O[C@H](CO)[C@@H](O)[C@H](O)[C@H]5O)[C@@H](O)[C@H](O)[C@H]4O)[C@@H]3C(C)=O)C2)O[C@H](C)[C@H]1O. The molecule has 4 heterocycles. The van der Waals surface area contributed by atoms with Crippen molar-refractivity contribution in [1.82, 2.24) is 0 Å². The number of carbonyl (C=O) groups is 1. The van der Waals surface area contributed by atoms with E-state index in [0.717, 1.165) is 32.1 Å². The Bertz CT molecular complexity index is 1760. The second kappa shape index (κ2) is 20.8. The second-order valence-corrected chi connectivity index (χ2v) is 21.0. The summed E-state index contributed by atoms with van der Waals surface area (Å²) in [5, 5.41) is 127. The molecule has 4 aliphatic carbocycles. The molecule has 0 bridgehead atoms. The van der Waals surface area contributed by atoms with E-state index in [4.69, 9.17) is 42.6 Å². The predicted molar refractivity (Wildman–Crippen MR) is 227 cm³/mol. The molecule has 8 rings (SSSR count). The number of hydrogen-bond acceptors (Lipinski definition) is 22. The van der Waals surface area contributed by atoms with Crippen LogP contribution in [0.25, 0.3) is 0 Å². The maximum atomic E-state index is 13.7. The molecular formula is C46H74O22. The summed E-state index contributed by atoms with van der Waals surface area (Å²) in [6.45, 7) is 5.48. The van der Waals surface area contributed by atoms with Crippen LogP contribution in [-0.2, 0) is 47.4 Å². The second-order valence-electron chi connectivity index (χ2n) is 21.0. The van der Waals surface area contributed by atoms with Crippen LogP contribution < -0.4 is 0 Å². The van der Waals surface area contributed by atoms with Crippen molar-refractivity contribution < 1.29 is 109 Å². The van der Waals surface area contributed by atoms with Gasteiger partial charge in [0, 0.05) is 13.0 Å². The van der Waals surface area contributed by atoms with Gasteiger partial charge in [0.05, 0.1) is 38.1 Å². The van der Waals surface area contributed by atoms with Gasteiger partial charge in [0.15, 0.2) is 25.2 Å². The number of carbonyl (C=O) groups excluding carboxylic acids is 1. The van der Waals surface area contributed by atoms with Crippen LogP contribution in [0.2, 0.25) is 0 Å². The van der Waals surface area contributed by atoms with Crippen LogP contribution in [-0.4, -0.2) is 229 Å². The van der Waals surface area contributed by atoms with Crippen LogP contribution in [0.1, 0.15) is 72.6 Å². The first-order chi connectivity index (χ1) is 32.2. The zero-order valence-corrected chi connectivity index (χ0v) is 39.1. The molecule has 68 heavy (non-hydrogen) atoms. The number of aliphatic hydroxyl groups is 12. The molecule has 4 saturated heterocycles. The van der Waals surface area contributed by atoms with Gasteiger partial charge in [-0.3, -0.25) is 4.79 Å². The number of ether oxygens (including phenoxy) is 9. The summed E-state index contributed by atoms with van der Waals surface area (Å²) in [6.07, 6.45) is -23.6. The first-order valence-corrected chi connectivity index (χ1v) is 24.1. The summed E-state index contributed by atoms with van der Waals surface area (Å²) in [4.78, 5) is 13.7. The Morgan fingerprint density at radius 3 is 1.88 bits per heavy atom. The average Bonchev–Trinajstić information content (AvgIpc) is 3.62. The quantitative estimate of drug-likeness (QED) is 0.0796. The van der Waals surface area contributed by atoms with Gasteiger partial charge in [-0.1, -0.05) is 25.5 Å². The molecule has 28 atom stereocenters.